The Morgan fingerprint density at radius 1 is 1.03 bits per heavy atom. The van der Waals surface area contributed by atoms with Gasteiger partial charge in [0.2, 0.25) is 0 Å². The van der Waals surface area contributed by atoms with Gasteiger partial charge < -0.3 is 19.5 Å². The number of aryl methyl sites for hydroxylation is 1. The van der Waals surface area contributed by atoms with Gasteiger partial charge in [-0.05, 0) is 54.4 Å². The summed E-state index contributed by atoms with van der Waals surface area (Å²) in [6.07, 6.45) is 0. The van der Waals surface area contributed by atoms with Crippen LogP contribution >= 0.6 is 11.6 Å². The lowest BCUT2D eigenvalue weighted by atomic mass is 9.95. The van der Waals surface area contributed by atoms with Gasteiger partial charge in [-0.1, -0.05) is 53.6 Å². The summed E-state index contributed by atoms with van der Waals surface area (Å²) >= 11 is 6.19. The van der Waals surface area contributed by atoms with Crippen LogP contribution in [0.4, 0.5) is 0 Å². The number of hydrogen-bond acceptors (Lipinski definition) is 5. The number of carbonyl (C=O) groups excluding carboxylic acids is 2. The molecule has 1 unspecified atom stereocenters. The fourth-order valence-electron chi connectivity index (χ4n) is 4.16. The predicted octanol–water partition coefficient (Wildman–Crippen LogP) is 5.30. The van der Waals surface area contributed by atoms with Crippen LogP contribution in [-0.2, 0) is 20.9 Å². The summed E-state index contributed by atoms with van der Waals surface area (Å²) in [6.45, 7) is 2.88. The molecular weight excluding hydrogens is 466 g/mol. The summed E-state index contributed by atoms with van der Waals surface area (Å²) < 4.78 is 11.0. The van der Waals surface area contributed by atoms with E-state index in [4.69, 9.17) is 21.1 Å². The smallest absolute Gasteiger partial charge is 0.295 e. The van der Waals surface area contributed by atoms with Crippen molar-refractivity contribution >= 4 is 29.1 Å². The number of halogens is 1. The Balaban J connectivity index is 1.64. The van der Waals surface area contributed by atoms with Gasteiger partial charge in [0.05, 0.1) is 18.2 Å². The van der Waals surface area contributed by atoms with E-state index in [1.165, 1.54) is 12.0 Å². The lowest BCUT2D eigenvalue weighted by Crippen LogP contribution is -2.32. The number of ether oxygens (including phenoxy) is 2. The second kappa shape index (κ2) is 10.8. The van der Waals surface area contributed by atoms with E-state index in [9.17, 15) is 14.7 Å². The summed E-state index contributed by atoms with van der Waals surface area (Å²) in [5.41, 5.74) is 3.26. The molecule has 1 amide bonds. The summed E-state index contributed by atoms with van der Waals surface area (Å²) in [4.78, 5) is 27.3. The van der Waals surface area contributed by atoms with Crippen molar-refractivity contribution in [1.29, 1.82) is 0 Å². The standard InChI is InChI=1S/C28H26ClNO5/c1-18-5-3-6-19(15-18)17-35-23-11-9-20(10-12-23)26(31)24-25(21-7-4-8-22(29)16-21)30(13-14-34-2)28(33)27(24)32/h3-12,15-16,25,31H,13-14,17H2,1-2H3. The molecule has 1 saturated heterocycles. The van der Waals surface area contributed by atoms with Gasteiger partial charge in [-0.3, -0.25) is 9.59 Å². The van der Waals surface area contributed by atoms with E-state index in [0.29, 0.717) is 28.5 Å². The molecule has 0 aliphatic carbocycles. The first-order valence-corrected chi connectivity index (χ1v) is 11.6. The average Bonchev–Trinajstić information content (AvgIpc) is 3.11. The minimum atomic E-state index is -0.777. The highest BCUT2D eigenvalue weighted by atomic mass is 35.5. The Kier molecular flexibility index (Phi) is 7.54. The maximum absolute atomic E-state index is 13.0. The first kappa shape index (κ1) is 24.5. The number of Topliss-reactive ketones (excluding diaryl/α,β-unsaturated/α-hetero) is 1. The number of likely N-dealkylation sites (tertiary alicyclic amines) is 1. The first-order valence-electron chi connectivity index (χ1n) is 11.2. The topological polar surface area (TPSA) is 76.1 Å². The minimum Gasteiger partial charge on any atom is -0.507 e. The summed E-state index contributed by atoms with van der Waals surface area (Å²) in [6, 6.07) is 21.0. The van der Waals surface area contributed by atoms with E-state index in [2.05, 4.69) is 6.07 Å². The summed E-state index contributed by atoms with van der Waals surface area (Å²) in [7, 11) is 1.52. The normalized spacial score (nSPS) is 17.1. The number of benzene rings is 3. The SMILES string of the molecule is COCCN1C(=O)C(=O)C(=C(O)c2ccc(OCc3cccc(C)c3)cc2)C1c1cccc(Cl)c1. The van der Waals surface area contributed by atoms with E-state index in [1.807, 2.05) is 25.1 Å². The molecule has 3 aromatic carbocycles. The number of ketones is 1. The summed E-state index contributed by atoms with van der Waals surface area (Å²) in [5.74, 6) is -1.07. The molecule has 1 fully saturated rings. The fraction of sp³-hybridized carbons (Fsp3) is 0.214. The second-order valence-electron chi connectivity index (χ2n) is 8.34. The van der Waals surface area contributed by atoms with Gasteiger partial charge >= 0.3 is 0 Å². The molecule has 1 aliphatic heterocycles. The van der Waals surface area contributed by atoms with Crippen LogP contribution in [-0.4, -0.2) is 42.0 Å². The summed E-state index contributed by atoms with van der Waals surface area (Å²) in [5, 5.41) is 11.6. The highest BCUT2D eigenvalue weighted by molar-refractivity contribution is 6.46. The zero-order valence-corrected chi connectivity index (χ0v) is 20.3. The molecule has 1 atom stereocenters. The monoisotopic (exact) mass is 491 g/mol. The third-order valence-electron chi connectivity index (χ3n) is 5.86. The predicted molar refractivity (Wildman–Crippen MR) is 134 cm³/mol. The van der Waals surface area contributed by atoms with E-state index < -0.39 is 17.7 Å². The molecule has 0 bridgehead atoms. The van der Waals surface area contributed by atoms with Gasteiger partial charge in [0, 0.05) is 24.2 Å². The number of carbonyl (C=O) groups is 2. The lowest BCUT2D eigenvalue weighted by molar-refractivity contribution is -0.140. The van der Waals surface area contributed by atoms with Crippen molar-refractivity contribution in [2.75, 3.05) is 20.3 Å². The van der Waals surface area contributed by atoms with Crippen molar-refractivity contribution in [3.63, 3.8) is 0 Å². The van der Waals surface area contributed by atoms with Crippen LogP contribution in [0.2, 0.25) is 5.02 Å². The van der Waals surface area contributed by atoms with Gasteiger partial charge in [0.25, 0.3) is 11.7 Å². The average molecular weight is 492 g/mol. The van der Waals surface area contributed by atoms with Gasteiger partial charge in [-0.25, -0.2) is 0 Å². The molecule has 4 rings (SSSR count). The Morgan fingerprint density at radius 2 is 1.77 bits per heavy atom. The fourth-order valence-corrected chi connectivity index (χ4v) is 4.36. The molecule has 0 spiro atoms. The van der Waals surface area contributed by atoms with Gasteiger partial charge in [-0.2, -0.15) is 0 Å². The van der Waals surface area contributed by atoms with E-state index in [-0.39, 0.29) is 24.5 Å². The maximum Gasteiger partial charge on any atom is 0.295 e. The molecule has 7 heteroatoms. The number of aliphatic hydroxyl groups excluding tert-OH is 1. The van der Waals surface area contributed by atoms with Gasteiger partial charge in [-0.15, -0.1) is 0 Å². The van der Waals surface area contributed by atoms with Crippen molar-refractivity contribution < 1.29 is 24.2 Å². The molecule has 3 aromatic rings. The van der Waals surface area contributed by atoms with Crippen LogP contribution < -0.4 is 4.74 Å². The van der Waals surface area contributed by atoms with Crippen LogP contribution in [0.15, 0.2) is 78.4 Å². The number of rotatable bonds is 8. The van der Waals surface area contributed by atoms with Crippen LogP contribution in [0.5, 0.6) is 5.75 Å². The third kappa shape index (κ3) is 5.39. The Bertz CT molecular complexity index is 1270. The molecule has 35 heavy (non-hydrogen) atoms. The number of nitrogens with zero attached hydrogens (tertiary/aromatic N) is 1. The zero-order chi connectivity index (χ0) is 24.9. The zero-order valence-electron chi connectivity index (χ0n) is 19.5. The maximum atomic E-state index is 13.0. The Hall–Kier alpha value is -3.61. The number of aliphatic hydroxyl groups is 1. The second-order valence-corrected chi connectivity index (χ2v) is 8.78. The van der Waals surface area contributed by atoms with Gasteiger partial charge in [0.15, 0.2) is 0 Å². The van der Waals surface area contributed by atoms with E-state index >= 15 is 0 Å². The highest BCUT2D eigenvalue weighted by Gasteiger charge is 2.45. The van der Waals surface area contributed by atoms with Crippen molar-refractivity contribution in [3.05, 3.63) is 106 Å². The number of methoxy groups -OCH3 is 1. The number of amides is 1. The molecule has 180 valence electrons. The Labute approximate surface area is 209 Å². The highest BCUT2D eigenvalue weighted by Crippen LogP contribution is 2.40. The van der Waals surface area contributed by atoms with Crippen LogP contribution in [0.3, 0.4) is 0 Å². The molecule has 0 saturated carbocycles. The molecule has 6 nitrogen and oxygen atoms in total. The molecule has 0 radical (unpaired) electrons. The molecule has 1 heterocycles. The van der Waals surface area contributed by atoms with E-state index in [0.717, 1.165) is 11.1 Å². The first-order chi connectivity index (χ1) is 16.9. The molecule has 1 aliphatic rings. The lowest BCUT2D eigenvalue weighted by Gasteiger charge is -2.25. The molecule has 1 N–H and O–H groups in total. The van der Waals surface area contributed by atoms with E-state index in [1.54, 1.807) is 48.5 Å². The van der Waals surface area contributed by atoms with Crippen LogP contribution in [0.25, 0.3) is 5.76 Å². The van der Waals surface area contributed by atoms with Crippen molar-refractivity contribution in [3.8, 4) is 5.75 Å². The molecular formula is C28H26ClNO5. The van der Waals surface area contributed by atoms with Crippen molar-refractivity contribution in [1.82, 2.24) is 4.90 Å². The largest absolute Gasteiger partial charge is 0.507 e. The van der Waals surface area contributed by atoms with Crippen LogP contribution in [0, 0.1) is 6.92 Å². The quantitative estimate of drug-likeness (QED) is 0.263. The molecule has 0 aromatic heterocycles. The van der Waals surface area contributed by atoms with Crippen LogP contribution in [0.1, 0.15) is 28.3 Å². The van der Waals surface area contributed by atoms with Gasteiger partial charge in [0.1, 0.15) is 18.1 Å². The van der Waals surface area contributed by atoms with Crippen molar-refractivity contribution in [2.45, 2.75) is 19.6 Å². The third-order valence-corrected chi connectivity index (χ3v) is 6.09. The minimum absolute atomic E-state index is 0.0156. The Morgan fingerprint density at radius 3 is 2.46 bits per heavy atom. The number of hydrogen-bond donors (Lipinski definition) is 1. The van der Waals surface area contributed by atoms with Crippen molar-refractivity contribution in [2.24, 2.45) is 0 Å².